The third kappa shape index (κ3) is 3.05. The normalized spacial score (nSPS) is 20.2. The van der Waals surface area contributed by atoms with Gasteiger partial charge in [0.1, 0.15) is 0 Å². The molecular weight excluding hydrogens is 293 g/mol. The summed E-state index contributed by atoms with van der Waals surface area (Å²) in [6.45, 7) is 0.328. The first-order valence-electron chi connectivity index (χ1n) is 7.61. The molecule has 120 valence electrons. The van der Waals surface area contributed by atoms with Gasteiger partial charge < -0.3 is 10.6 Å². The largest absolute Gasteiger partial charge is 0.399 e. The van der Waals surface area contributed by atoms with Crippen LogP contribution >= 0.6 is 0 Å². The van der Waals surface area contributed by atoms with E-state index in [1.165, 1.54) is 0 Å². The lowest BCUT2D eigenvalue weighted by molar-refractivity contribution is -0.183. The van der Waals surface area contributed by atoms with Gasteiger partial charge in [-0.3, -0.25) is 4.79 Å². The van der Waals surface area contributed by atoms with Crippen LogP contribution in [-0.2, 0) is 0 Å². The Morgan fingerprint density at radius 1 is 1.14 bits per heavy atom. The van der Waals surface area contributed by atoms with Crippen molar-refractivity contribution in [2.75, 3.05) is 18.8 Å². The van der Waals surface area contributed by atoms with Crippen LogP contribution < -0.4 is 5.73 Å². The van der Waals surface area contributed by atoms with Gasteiger partial charge in [0.05, 0.1) is 5.92 Å². The fraction of sp³-hybridized carbons (Fsp3) is 0.562. The van der Waals surface area contributed by atoms with Crippen molar-refractivity contribution >= 4 is 11.6 Å². The second kappa shape index (κ2) is 5.48. The number of hydrogen-bond acceptors (Lipinski definition) is 2. The number of nitrogens with two attached hydrogens (primary N) is 1. The maximum atomic E-state index is 12.7. The van der Waals surface area contributed by atoms with Crippen LogP contribution in [0.5, 0.6) is 0 Å². The molecule has 1 aliphatic carbocycles. The summed E-state index contributed by atoms with van der Waals surface area (Å²) in [6.07, 6.45) is -2.10. The number of carbonyl (C=O) groups excluding carboxylic acids is 1. The Morgan fingerprint density at radius 3 is 2.32 bits per heavy atom. The van der Waals surface area contributed by atoms with E-state index in [1.807, 2.05) is 6.07 Å². The van der Waals surface area contributed by atoms with Crippen LogP contribution in [0.2, 0.25) is 0 Å². The molecule has 1 aromatic carbocycles. The summed E-state index contributed by atoms with van der Waals surface area (Å²) in [5, 5.41) is 0. The molecule has 1 heterocycles. The van der Waals surface area contributed by atoms with E-state index >= 15 is 0 Å². The molecule has 0 atom stereocenters. The molecule has 2 aliphatic rings. The number of nitrogen functional groups attached to an aromatic ring is 1. The van der Waals surface area contributed by atoms with Crippen LogP contribution in [-0.4, -0.2) is 30.1 Å². The van der Waals surface area contributed by atoms with Crippen molar-refractivity contribution < 1.29 is 18.0 Å². The number of piperidine rings is 1. The number of carbonyl (C=O) groups is 1. The number of likely N-dealkylation sites (tertiary alicyclic amines) is 1. The monoisotopic (exact) mass is 312 g/mol. The predicted molar refractivity (Wildman–Crippen MR) is 77.5 cm³/mol. The first-order chi connectivity index (χ1) is 10.4. The number of nitrogens with zero attached hydrogens (tertiary/aromatic N) is 1. The predicted octanol–water partition coefficient (Wildman–Crippen LogP) is 3.56. The van der Waals surface area contributed by atoms with Gasteiger partial charge in [0.15, 0.2) is 0 Å². The zero-order chi connectivity index (χ0) is 15.9. The summed E-state index contributed by atoms with van der Waals surface area (Å²) in [4.78, 5) is 14.2. The van der Waals surface area contributed by atoms with E-state index in [0.29, 0.717) is 17.2 Å². The van der Waals surface area contributed by atoms with Crippen LogP contribution in [0.3, 0.4) is 0 Å². The maximum Gasteiger partial charge on any atom is 0.391 e. The second-order valence-corrected chi connectivity index (χ2v) is 6.23. The van der Waals surface area contributed by atoms with Crippen LogP contribution in [0, 0.1) is 5.92 Å². The SMILES string of the molecule is Nc1ccc(C(=O)N2CCC(C(F)(F)F)CC2)c(C2CC2)c1. The third-order valence-electron chi connectivity index (χ3n) is 4.57. The molecule has 1 saturated heterocycles. The summed E-state index contributed by atoms with van der Waals surface area (Å²) in [5.41, 5.74) is 7.95. The Balaban J connectivity index is 1.73. The molecule has 3 rings (SSSR count). The van der Waals surface area contributed by atoms with Crippen LogP contribution in [0.15, 0.2) is 18.2 Å². The van der Waals surface area contributed by atoms with Crippen molar-refractivity contribution in [3.8, 4) is 0 Å². The molecule has 2 fully saturated rings. The fourth-order valence-corrected chi connectivity index (χ4v) is 3.09. The molecule has 3 nitrogen and oxygen atoms in total. The van der Waals surface area contributed by atoms with E-state index in [1.54, 1.807) is 17.0 Å². The zero-order valence-corrected chi connectivity index (χ0v) is 12.2. The van der Waals surface area contributed by atoms with E-state index in [2.05, 4.69) is 0 Å². The van der Waals surface area contributed by atoms with Gasteiger partial charge in [-0.25, -0.2) is 0 Å². The number of rotatable bonds is 2. The Kier molecular flexibility index (Phi) is 3.78. The summed E-state index contributed by atoms with van der Waals surface area (Å²) < 4.78 is 38.1. The number of halogens is 3. The fourth-order valence-electron chi connectivity index (χ4n) is 3.09. The van der Waals surface area contributed by atoms with Gasteiger partial charge in [0, 0.05) is 24.3 Å². The summed E-state index contributed by atoms with van der Waals surface area (Å²) in [6, 6.07) is 5.22. The Bertz CT molecular complexity index is 573. The molecule has 0 bridgehead atoms. The highest BCUT2D eigenvalue weighted by Gasteiger charge is 2.42. The highest BCUT2D eigenvalue weighted by Crippen LogP contribution is 2.43. The summed E-state index contributed by atoms with van der Waals surface area (Å²) in [7, 11) is 0. The molecule has 2 N–H and O–H groups in total. The van der Waals surface area contributed by atoms with Crippen LogP contribution in [0.25, 0.3) is 0 Å². The van der Waals surface area contributed by atoms with Crippen LogP contribution in [0.4, 0.5) is 18.9 Å². The average Bonchev–Trinajstić information content (AvgIpc) is 3.30. The Labute approximate surface area is 127 Å². The first-order valence-corrected chi connectivity index (χ1v) is 7.61. The topological polar surface area (TPSA) is 46.3 Å². The molecule has 1 saturated carbocycles. The highest BCUT2D eigenvalue weighted by molar-refractivity contribution is 5.96. The second-order valence-electron chi connectivity index (χ2n) is 6.23. The molecule has 1 aliphatic heterocycles. The van der Waals surface area contributed by atoms with Gasteiger partial charge in [0.25, 0.3) is 5.91 Å². The maximum absolute atomic E-state index is 12.7. The lowest BCUT2D eigenvalue weighted by Crippen LogP contribution is -2.42. The van der Waals surface area contributed by atoms with Gasteiger partial charge in [0.2, 0.25) is 0 Å². The molecule has 1 aromatic rings. The van der Waals surface area contributed by atoms with E-state index in [9.17, 15) is 18.0 Å². The van der Waals surface area contributed by atoms with Crippen molar-refractivity contribution in [2.24, 2.45) is 5.92 Å². The van der Waals surface area contributed by atoms with Crippen molar-refractivity contribution in [3.63, 3.8) is 0 Å². The molecule has 6 heteroatoms. The first kappa shape index (κ1) is 15.2. The smallest absolute Gasteiger partial charge is 0.391 e. The minimum absolute atomic E-state index is 0.0109. The molecule has 0 unspecified atom stereocenters. The minimum Gasteiger partial charge on any atom is -0.399 e. The molecule has 0 spiro atoms. The van der Waals surface area contributed by atoms with Gasteiger partial charge in [-0.15, -0.1) is 0 Å². The standard InChI is InChI=1S/C16H19F3N2O/c17-16(18,19)11-5-7-21(8-6-11)15(22)13-4-3-12(20)9-14(13)10-1-2-10/h3-4,9-11H,1-2,5-8,20H2. The highest BCUT2D eigenvalue weighted by atomic mass is 19.4. The van der Waals surface area contributed by atoms with Gasteiger partial charge in [-0.05, 0) is 55.4 Å². The molecule has 22 heavy (non-hydrogen) atoms. The van der Waals surface area contributed by atoms with Gasteiger partial charge in [-0.2, -0.15) is 13.2 Å². The number of anilines is 1. The minimum atomic E-state index is -4.16. The average molecular weight is 312 g/mol. The Hall–Kier alpha value is -1.72. The van der Waals surface area contributed by atoms with Gasteiger partial charge >= 0.3 is 6.18 Å². The lowest BCUT2D eigenvalue weighted by Gasteiger charge is -2.33. The number of hydrogen-bond donors (Lipinski definition) is 1. The third-order valence-corrected chi connectivity index (χ3v) is 4.57. The van der Waals surface area contributed by atoms with Gasteiger partial charge in [-0.1, -0.05) is 0 Å². The lowest BCUT2D eigenvalue weighted by atomic mass is 9.94. The van der Waals surface area contributed by atoms with Crippen molar-refractivity contribution in [1.82, 2.24) is 4.90 Å². The molecule has 1 amide bonds. The van der Waals surface area contributed by atoms with E-state index in [0.717, 1.165) is 18.4 Å². The van der Waals surface area contributed by atoms with E-state index in [4.69, 9.17) is 5.73 Å². The zero-order valence-electron chi connectivity index (χ0n) is 12.2. The summed E-state index contributed by atoms with van der Waals surface area (Å²) >= 11 is 0. The number of amides is 1. The van der Waals surface area contributed by atoms with Crippen molar-refractivity contribution in [1.29, 1.82) is 0 Å². The Morgan fingerprint density at radius 2 is 1.77 bits per heavy atom. The number of benzene rings is 1. The van der Waals surface area contributed by atoms with E-state index < -0.39 is 12.1 Å². The molecular formula is C16H19F3N2O. The van der Waals surface area contributed by atoms with Crippen molar-refractivity contribution in [2.45, 2.75) is 37.8 Å². The quantitative estimate of drug-likeness (QED) is 0.849. The summed E-state index contributed by atoms with van der Waals surface area (Å²) in [5.74, 6) is -1.08. The number of alkyl halides is 3. The van der Waals surface area contributed by atoms with Crippen molar-refractivity contribution in [3.05, 3.63) is 29.3 Å². The van der Waals surface area contributed by atoms with Crippen LogP contribution in [0.1, 0.15) is 47.5 Å². The van der Waals surface area contributed by atoms with E-state index in [-0.39, 0.29) is 31.8 Å². The molecule has 0 radical (unpaired) electrons. The molecule has 0 aromatic heterocycles.